The van der Waals surface area contributed by atoms with Gasteiger partial charge in [-0.25, -0.2) is 0 Å². The zero-order valence-electron chi connectivity index (χ0n) is 11.6. The number of nitrogens with zero attached hydrogens (tertiary/aromatic N) is 1. The largest absolute Gasteiger partial charge is 0.409 e. The Morgan fingerprint density at radius 1 is 1.53 bits per heavy atom. The molecule has 0 bridgehead atoms. The van der Waals surface area contributed by atoms with Gasteiger partial charge in [0.2, 0.25) is 5.91 Å². The molecule has 0 saturated heterocycles. The van der Waals surface area contributed by atoms with Gasteiger partial charge in [0.25, 0.3) is 0 Å². The number of oxime groups is 1. The topological polar surface area (TPSA) is 96.9 Å². The van der Waals surface area contributed by atoms with Gasteiger partial charge < -0.3 is 21.0 Å². The molecule has 2 rings (SSSR count). The molecule has 0 heterocycles. The van der Waals surface area contributed by atoms with Crippen molar-refractivity contribution in [3.63, 3.8) is 0 Å². The summed E-state index contributed by atoms with van der Waals surface area (Å²) in [6.45, 7) is 4.73. The van der Waals surface area contributed by atoms with Gasteiger partial charge in [0.05, 0.1) is 6.10 Å². The number of hydrogen-bond donors (Lipinski definition) is 3. The van der Waals surface area contributed by atoms with E-state index in [1.807, 2.05) is 6.92 Å². The van der Waals surface area contributed by atoms with Crippen molar-refractivity contribution in [2.24, 2.45) is 22.2 Å². The molecule has 0 atom stereocenters. The predicted octanol–water partition coefficient (Wildman–Crippen LogP) is 0.833. The zero-order chi connectivity index (χ0) is 14.0. The van der Waals surface area contributed by atoms with Gasteiger partial charge in [-0.05, 0) is 38.5 Å². The lowest BCUT2D eigenvalue weighted by Gasteiger charge is -2.45. The third-order valence-corrected chi connectivity index (χ3v) is 4.26. The van der Waals surface area contributed by atoms with E-state index in [1.54, 1.807) is 0 Å². The van der Waals surface area contributed by atoms with Crippen LogP contribution in [0.5, 0.6) is 0 Å². The first-order chi connectivity index (χ1) is 9.01. The maximum atomic E-state index is 12.3. The van der Waals surface area contributed by atoms with Crippen molar-refractivity contribution in [1.29, 1.82) is 0 Å². The Bertz CT molecular complexity index is 371. The SMILES string of the molecule is CCOC1CC(NC(=O)C2(C(N)=NO)CC(C)C2)C1. The fraction of sp³-hybridized carbons (Fsp3) is 0.846. The summed E-state index contributed by atoms with van der Waals surface area (Å²) >= 11 is 0. The predicted molar refractivity (Wildman–Crippen MR) is 70.8 cm³/mol. The van der Waals surface area contributed by atoms with Crippen LogP contribution in [0.3, 0.4) is 0 Å². The second kappa shape index (κ2) is 5.36. The Morgan fingerprint density at radius 2 is 2.16 bits per heavy atom. The molecule has 4 N–H and O–H groups in total. The van der Waals surface area contributed by atoms with Gasteiger partial charge in [-0.2, -0.15) is 0 Å². The van der Waals surface area contributed by atoms with Gasteiger partial charge in [0.1, 0.15) is 5.41 Å². The van der Waals surface area contributed by atoms with Crippen molar-refractivity contribution in [3.8, 4) is 0 Å². The smallest absolute Gasteiger partial charge is 0.234 e. The Balaban J connectivity index is 1.89. The molecule has 2 aliphatic rings. The van der Waals surface area contributed by atoms with Crippen LogP contribution in [0.15, 0.2) is 5.16 Å². The van der Waals surface area contributed by atoms with Crippen LogP contribution in [0.2, 0.25) is 0 Å². The van der Waals surface area contributed by atoms with Crippen LogP contribution in [0.25, 0.3) is 0 Å². The van der Waals surface area contributed by atoms with Crippen molar-refractivity contribution in [2.45, 2.75) is 51.7 Å². The van der Waals surface area contributed by atoms with Crippen LogP contribution >= 0.6 is 0 Å². The first kappa shape index (κ1) is 14.1. The summed E-state index contributed by atoms with van der Waals surface area (Å²) in [7, 11) is 0. The number of hydrogen-bond acceptors (Lipinski definition) is 4. The highest BCUT2D eigenvalue weighted by atomic mass is 16.5. The van der Waals surface area contributed by atoms with Crippen LogP contribution < -0.4 is 11.1 Å². The van der Waals surface area contributed by atoms with E-state index in [1.165, 1.54) is 0 Å². The Kier molecular flexibility index (Phi) is 3.99. The Morgan fingerprint density at radius 3 is 2.63 bits per heavy atom. The van der Waals surface area contributed by atoms with E-state index in [2.05, 4.69) is 17.4 Å². The van der Waals surface area contributed by atoms with Crippen LogP contribution in [0, 0.1) is 11.3 Å². The van der Waals surface area contributed by atoms with Crippen LogP contribution in [-0.2, 0) is 9.53 Å². The van der Waals surface area contributed by atoms with Crippen LogP contribution in [-0.4, -0.2) is 35.7 Å². The molecule has 0 aromatic rings. The lowest BCUT2D eigenvalue weighted by molar-refractivity contribution is -0.135. The number of amides is 1. The molecule has 0 aromatic carbocycles. The molecular weight excluding hydrogens is 246 g/mol. The summed E-state index contributed by atoms with van der Waals surface area (Å²) < 4.78 is 5.46. The first-order valence-electron chi connectivity index (χ1n) is 6.92. The average molecular weight is 269 g/mol. The minimum atomic E-state index is -0.801. The van der Waals surface area contributed by atoms with Crippen molar-refractivity contribution >= 4 is 11.7 Å². The van der Waals surface area contributed by atoms with Crippen LogP contribution in [0.1, 0.15) is 39.5 Å². The minimum Gasteiger partial charge on any atom is -0.409 e. The van der Waals surface area contributed by atoms with Crippen molar-refractivity contribution in [1.82, 2.24) is 5.32 Å². The lowest BCUT2D eigenvalue weighted by Crippen LogP contribution is -2.60. The second-order valence-corrected chi connectivity index (χ2v) is 5.80. The molecule has 108 valence electrons. The molecule has 2 fully saturated rings. The third-order valence-electron chi connectivity index (χ3n) is 4.26. The molecule has 0 spiro atoms. The summed E-state index contributed by atoms with van der Waals surface area (Å²) in [6.07, 6.45) is 3.26. The van der Waals surface area contributed by atoms with E-state index < -0.39 is 5.41 Å². The summed E-state index contributed by atoms with van der Waals surface area (Å²) in [5.74, 6) is 0.355. The van der Waals surface area contributed by atoms with Gasteiger partial charge in [0, 0.05) is 12.6 Å². The molecule has 6 nitrogen and oxygen atoms in total. The lowest BCUT2D eigenvalue weighted by atomic mass is 9.61. The molecule has 0 radical (unpaired) electrons. The molecule has 2 saturated carbocycles. The van der Waals surface area contributed by atoms with Gasteiger partial charge >= 0.3 is 0 Å². The van der Waals surface area contributed by atoms with E-state index in [0.717, 1.165) is 12.8 Å². The highest BCUT2D eigenvalue weighted by Crippen LogP contribution is 2.46. The zero-order valence-corrected chi connectivity index (χ0v) is 11.6. The second-order valence-electron chi connectivity index (χ2n) is 5.80. The van der Waals surface area contributed by atoms with E-state index in [4.69, 9.17) is 15.7 Å². The van der Waals surface area contributed by atoms with Crippen molar-refractivity contribution < 1.29 is 14.7 Å². The van der Waals surface area contributed by atoms with Crippen molar-refractivity contribution in [2.75, 3.05) is 6.61 Å². The van der Waals surface area contributed by atoms with Gasteiger partial charge in [0.15, 0.2) is 5.84 Å². The molecule has 6 heteroatoms. The Hall–Kier alpha value is -1.30. The molecule has 19 heavy (non-hydrogen) atoms. The van der Waals surface area contributed by atoms with E-state index in [-0.39, 0.29) is 23.9 Å². The standard InChI is InChI=1S/C13H23N3O3/c1-3-19-10-4-9(5-10)15-12(17)13(11(14)16-18)6-8(2)7-13/h8-10,18H,3-7H2,1-2H3,(H2,14,16)(H,15,17). The fourth-order valence-electron chi connectivity index (χ4n) is 3.12. The maximum Gasteiger partial charge on any atom is 0.234 e. The first-order valence-corrected chi connectivity index (χ1v) is 6.92. The minimum absolute atomic E-state index is 0.0313. The maximum absolute atomic E-state index is 12.3. The normalized spacial score (nSPS) is 38.2. The summed E-state index contributed by atoms with van der Waals surface area (Å²) in [5, 5.41) is 14.9. The van der Waals surface area contributed by atoms with E-state index in [0.29, 0.717) is 25.4 Å². The number of ether oxygens (including phenoxy) is 1. The highest BCUT2D eigenvalue weighted by molar-refractivity contribution is 6.07. The number of rotatable bonds is 5. The van der Waals surface area contributed by atoms with Crippen LogP contribution in [0.4, 0.5) is 0 Å². The quantitative estimate of drug-likeness (QED) is 0.298. The molecule has 0 aliphatic heterocycles. The van der Waals surface area contributed by atoms with Gasteiger partial charge in [-0.1, -0.05) is 12.1 Å². The molecule has 0 aromatic heterocycles. The van der Waals surface area contributed by atoms with Gasteiger partial charge in [-0.15, -0.1) is 0 Å². The number of nitrogens with one attached hydrogen (secondary N) is 1. The molecule has 0 unspecified atom stereocenters. The third kappa shape index (κ3) is 2.54. The van der Waals surface area contributed by atoms with E-state index in [9.17, 15) is 4.79 Å². The highest BCUT2D eigenvalue weighted by Gasteiger charge is 2.53. The van der Waals surface area contributed by atoms with Gasteiger partial charge in [-0.3, -0.25) is 4.79 Å². The monoisotopic (exact) mass is 269 g/mol. The summed E-state index contributed by atoms with van der Waals surface area (Å²) in [4.78, 5) is 12.3. The summed E-state index contributed by atoms with van der Waals surface area (Å²) in [5.41, 5.74) is 4.90. The summed E-state index contributed by atoms with van der Waals surface area (Å²) in [6, 6.07) is 0.156. The molecular formula is C13H23N3O3. The number of nitrogens with two attached hydrogens (primary N) is 1. The molecule has 2 aliphatic carbocycles. The molecule has 1 amide bonds. The fourth-order valence-corrected chi connectivity index (χ4v) is 3.12. The van der Waals surface area contributed by atoms with Crippen molar-refractivity contribution in [3.05, 3.63) is 0 Å². The number of carbonyl (C=O) groups excluding carboxylic acids is 1. The number of amidine groups is 1. The number of carbonyl (C=O) groups is 1. The average Bonchev–Trinajstić information content (AvgIpc) is 2.30. The Labute approximate surface area is 113 Å². The van der Waals surface area contributed by atoms with E-state index >= 15 is 0 Å².